The number of hydrogen-bond acceptors (Lipinski definition) is 6. The van der Waals surface area contributed by atoms with Crippen molar-refractivity contribution in [3.8, 4) is 0 Å². The van der Waals surface area contributed by atoms with E-state index in [0.29, 0.717) is 30.9 Å². The third kappa shape index (κ3) is 6.09. The van der Waals surface area contributed by atoms with E-state index in [4.69, 9.17) is 10.1 Å². The molecule has 5 rings (SSSR count). The topological polar surface area (TPSA) is 116 Å². The third-order valence-corrected chi connectivity index (χ3v) is 7.91. The Morgan fingerprint density at radius 2 is 1.86 bits per heavy atom. The Kier molecular flexibility index (Phi) is 8.46. The number of nitrogens with one attached hydrogen (secondary N) is 2. The highest BCUT2D eigenvalue weighted by atomic mass is 16.2. The molecule has 1 fully saturated rings. The smallest absolute Gasteiger partial charge is 0.321 e. The van der Waals surface area contributed by atoms with Crippen molar-refractivity contribution in [2.24, 2.45) is 0 Å². The quantitative estimate of drug-likeness (QED) is 0.435. The van der Waals surface area contributed by atoms with Crippen LogP contribution in [-0.4, -0.2) is 64.2 Å². The molecule has 2 N–H and O–H groups in total. The Bertz CT molecular complexity index is 1450. The van der Waals surface area contributed by atoms with Crippen LogP contribution in [0.1, 0.15) is 73.4 Å². The maximum absolute atomic E-state index is 13.4. The molecule has 0 aliphatic carbocycles. The van der Waals surface area contributed by atoms with Gasteiger partial charge in [0.25, 0.3) is 5.91 Å². The second-order valence-corrected chi connectivity index (χ2v) is 11.6. The van der Waals surface area contributed by atoms with Crippen molar-refractivity contribution in [1.82, 2.24) is 25.0 Å². The minimum absolute atomic E-state index is 0.123. The highest BCUT2D eigenvalue weighted by Gasteiger charge is 2.30. The van der Waals surface area contributed by atoms with Crippen LogP contribution in [0.4, 0.5) is 22.0 Å². The zero-order chi connectivity index (χ0) is 30.0. The fourth-order valence-electron chi connectivity index (χ4n) is 5.61. The predicted molar refractivity (Wildman–Crippen MR) is 163 cm³/mol. The van der Waals surface area contributed by atoms with Gasteiger partial charge in [0, 0.05) is 75.6 Å². The normalized spacial score (nSPS) is 16.8. The number of carbonyl (C=O) groups is 3. The minimum atomic E-state index is -0.224. The van der Waals surface area contributed by atoms with E-state index in [1.807, 2.05) is 46.0 Å². The summed E-state index contributed by atoms with van der Waals surface area (Å²) in [5, 5.41) is 10.6. The van der Waals surface area contributed by atoms with Crippen molar-refractivity contribution < 1.29 is 14.4 Å². The summed E-state index contributed by atoms with van der Waals surface area (Å²) >= 11 is 0. The van der Waals surface area contributed by atoms with Gasteiger partial charge in [0.05, 0.1) is 11.9 Å². The number of urea groups is 1. The molecule has 222 valence electrons. The Morgan fingerprint density at radius 1 is 1.10 bits per heavy atom. The van der Waals surface area contributed by atoms with E-state index in [0.717, 1.165) is 54.1 Å². The van der Waals surface area contributed by atoms with Gasteiger partial charge in [-0.15, -0.1) is 0 Å². The number of benzene rings is 1. The number of anilines is 3. The summed E-state index contributed by atoms with van der Waals surface area (Å²) in [6.07, 6.45) is 5.03. The first-order valence-electron chi connectivity index (χ1n) is 14.6. The van der Waals surface area contributed by atoms with Crippen LogP contribution in [0.25, 0.3) is 0 Å². The van der Waals surface area contributed by atoms with E-state index >= 15 is 0 Å². The van der Waals surface area contributed by atoms with Crippen LogP contribution in [0, 0.1) is 0 Å². The van der Waals surface area contributed by atoms with Gasteiger partial charge in [0.2, 0.25) is 5.91 Å². The Hall–Kier alpha value is -4.41. The first kappa shape index (κ1) is 29.1. The average molecular weight is 573 g/mol. The van der Waals surface area contributed by atoms with E-state index in [2.05, 4.69) is 36.3 Å². The van der Waals surface area contributed by atoms with Gasteiger partial charge in [-0.2, -0.15) is 5.10 Å². The van der Waals surface area contributed by atoms with Crippen LogP contribution in [0.5, 0.6) is 0 Å². The number of piperidine rings is 1. The molecule has 11 heteroatoms. The molecular weight excluding hydrogens is 532 g/mol. The van der Waals surface area contributed by atoms with Gasteiger partial charge in [-0.3, -0.25) is 14.3 Å². The molecule has 2 aromatic heterocycles. The summed E-state index contributed by atoms with van der Waals surface area (Å²) in [6.45, 7) is 7.84. The summed E-state index contributed by atoms with van der Waals surface area (Å²) < 4.78 is 1.96. The van der Waals surface area contributed by atoms with Gasteiger partial charge < -0.3 is 25.3 Å². The highest BCUT2D eigenvalue weighted by Crippen LogP contribution is 2.30. The standard InChI is InChI=1S/C31H40N8O3/c1-20(2)39-26-15-16-37(27-14-13-24(18-32-27)38-21(3)7-6-8-28(38)40)19-25(26)29(35-39)30(41)33-17-22-9-11-23(12-10-22)34-31(42)36(4)5/h9-14,18,20-21H,6-8,15-17,19H2,1-5H3,(H,33,41)(H,34,42)/t21-/m1/s1. The van der Waals surface area contributed by atoms with Crippen molar-refractivity contribution in [2.45, 2.75) is 71.6 Å². The molecule has 0 unspecified atom stereocenters. The SMILES string of the molecule is CC(C)n1nc(C(=O)NCc2ccc(NC(=O)N(C)C)cc2)c2c1CCN(c1ccc(N3C(=O)CCC[C@H]3C)cn1)C2. The van der Waals surface area contributed by atoms with Gasteiger partial charge >= 0.3 is 6.03 Å². The van der Waals surface area contributed by atoms with E-state index < -0.39 is 0 Å². The fourth-order valence-corrected chi connectivity index (χ4v) is 5.61. The van der Waals surface area contributed by atoms with E-state index in [9.17, 15) is 14.4 Å². The lowest BCUT2D eigenvalue weighted by Crippen LogP contribution is -2.42. The minimum Gasteiger partial charge on any atom is -0.352 e. The Balaban J connectivity index is 1.29. The molecule has 4 amide bonds. The number of fused-ring (bicyclic) bond motifs is 1. The maximum atomic E-state index is 13.4. The second kappa shape index (κ2) is 12.2. The molecule has 3 aromatic rings. The summed E-state index contributed by atoms with van der Waals surface area (Å²) in [6, 6.07) is 11.4. The van der Waals surface area contributed by atoms with E-state index in [1.165, 1.54) is 4.90 Å². The molecule has 11 nitrogen and oxygen atoms in total. The Morgan fingerprint density at radius 3 is 2.50 bits per heavy atom. The van der Waals surface area contributed by atoms with Gasteiger partial charge in [0.15, 0.2) is 5.69 Å². The van der Waals surface area contributed by atoms with Gasteiger partial charge in [-0.1, -0.05) is 12.1 Å². The molecule has 0 spiro atoms. The van der Waals surface area contributed by atoms with Crippen molar-refractivity contribution in [1.29, 1.82) is 0 Å². The average Bonchev–Trinajstić information content (AvgIpc) is 3.36. The Labute approximate surface area is 246 Å². The largest absolute Gasteiger partial charge is 0.352 e. The molecule has 0 radical (unpaired) electrons. The van der Waals surface area contributed by atoms with Gasteiger partial charge in [-0.25, -0.2) is 9.78 Å². The van der Waals surface area contributed by atoms with Crippen LogP contribution < -0.4 is 20.4 Å². The number of aromatic nitrogens is 3. The lowest BCUT2D eigenvalue weighted by Gasteiger charge is -2.34. The number of nitrogens with zero attached hydrogens (tertiary/aromatic N) is 6. The number of hydrogen-bond donors (Lipinski definition) is 2. The lowest BCUT2D eigenvalue weighted by atomic mass is 10.0. The maximum Gasteiger partial charge on any atom is 0.321 e. The molecule has 1 saturated heterocycles. The number of pyridine rings is 1. The van der Waals surface area contributed by atoms with Crippen LogP contribution in [0.15, 0.2) is 42.6 Å². The number of carbonyl (C=O) groups excluding carboxylic acids is 3. The van der Waals surface area contributed by atoms with Crippen molar-refractivity contribution in [3.05, 3.63) is 65.1 Å². The van der Waals surface area contributed by atoms with E-state index in [-0.39, 0.29) is 29.9 Å². The van der Waals surface area contributed by atoms with Crippen LogP contribution in [0.3, 0.4) is 0 Å². The van der Waals surface area contributed by atoms with Crippen LogP contribution >= 0.6 is 0 Å². The molecule has 4 heterocycles. The zero-order valence-corrected chi connectivity index (χ0v) is 25.1. The van der Waals surface area contributed by atoms with Gasteiger partial charge in [0.1, 0.15) is 5.82 Å². The van der Waals surface area contributed by atoms with Crippen molar-refractivity contribution in [2.75, 3.05) is 35.8 Å². The van der Waals surface area contributed by atoms with E-state index in [1.54, 1.807) is 20.3 Å². The van der Waals surface area contributed by atoms with Crippen molar-refractivity contribution >= 4 is 35.0 Å². The van der Waals surface area contributed by atoms with Gasteiger partial charge in [-0.05, 0) is 63.4 Å². The lowest BCUT2D eigenvalue weighted by molar-refractivity contribution is -0.120. The first-order valence-corrected chi connectivity index (χ1v) is 14.6. The second-order valence-electron chi connectivity index (χ2n) is 11.6. The molecule has 0 bridgehead atoms. The molecule has 42 heavy (non-hydrogen) atoms. The predicted octanol–water partition coefficient (Wildman–Crippen LogP) is 4.35. The molecule has 2 aliphatic heterocycles. The third-order valence-electron chi connectivity index (χ3n) is 7.91. The molecule has 2 aliphatic rings. The monoisotopic (exact) mass is 572 g/mol. The zero-order valence-electron chi connectivity index (χ0n) is 25.1. The highest BCUT2D eigenvalue weighted by molar-refractivity contribution is 5.95. The molecule has 1 aromatic carbocycles. The first-order chi connectivity index (χ1) is 20.1. The van der Waals surface area contributed by atoms with Crippen LogP contribution in [0.2, 0.25) is 0 Å². The molecular formula is C31H40N8O3. The van der Waals surface area contributed by atoms with Crippen LogP contribution in [-0.2, 0) is 24.3 Å². The number of rotatable bonds is 7. The summed E-state index contributed by atoms with van der Waals surface area (Å²) in [4.78, 5) is 48.0. The fraction of sp³-hybridized carbons (Fsp3) is 0.452. The molecule has 1 atom stereocenters. The summed E-state index contributed by atoms with van der Waals surface area (Å²) in [7, 11) is 3.37. The molecule has 0 saturated carbocycles. The summed E-state index contributed by atoms with van der Waals surface area (Å²) in [5.41, 5.74) is 4.86. The van der Waals surface area contributed by atoms with Crippen molar-refractivity contribution in [3.63, 3.8) is 0 Å². The number of amides is 4. The summed E-state index contributed by atoms with van der Waals surface area (Å²) in [5.74, 6) is 0.736.